The molecule has 5 aromatic rings. The van der Waals surface area contributed by atoms with Crippen LogP contribution in [0.15, 0.2) is 103 Å². The van der Waals surface area contributed by atoms with Gasteiger partial charge in [0.05, 0.1) is 13.2 Å². The van der Waals surface area contributed by atoms with Gasteiger partial charge < -0.3 is 31.9 Å². The largest absolute Gasteiger partial charge is 0.491 e. The van der Waals surface area contributed by atoms with E-state index in [-0.39, 0.29) is 25.4 Å². The maximum Gasteiger partial charge on any atom is 0.433 e. The molecule has 7 nitrogen and oxygen atoms in total. The van der Waals surface area contributed by atoms with Crippen molar-refractivity contribution in [1.29, 1.82) is 0 Å². The van der Waals surface area contributed by atoms with E-state index < -0.39 is 5.60 Å². The average molecular weight is 715 g/mol. The van der Waals surface area contributed by atoms with Crippen LogP contribution in [-0.4, -0.2) is 59.7 Å². The monoisotopic (exact) mass is 714 g/mol. The third-order valence-electron chi connectivity index (χ3n) is 9.45. The van der Waals surface area contributed by atoms with Crippen molar-refractivity contribution < 1.29 is 31.9 Å². The maximum atomic E-state index is 7.44. The molecule has 2 aliphatic rings. The normalized spacial score (nSPS) is 14.8. The lowest BCUT2D eigenvalue weighted by Crippen LogP contribution is -2.35. The summed E-state index contributed by atoms with van der Waals surface area (Å²) in [5.41, 5.74) is 7.20. The summed E-state index contributed by atoms with van der Waals surface area (Å²) in [7, 11) is 0.0421. The van der Waals surface area contributed by atoms with E-state index in [4.69, 9.17) is 31.9 Å². The molecule has 1 aliphatic carbocycles. The van der Waals surface area contributed by atoms with Gasteiger partial charge in [-0.2, -0.15) is 0 Å². The van der Waals surface area contributed by atoms with E-state index >= 15 is 0 Å². The fourth-order valence-electron chi connectivity index (χ4n) is 7.16. The van der Waals surface area contributed by atoms with E-state index in [0.29, 0.717) is 39.6 Å². The van der Waals surface area contributed by atoms with Gasteiger partial charge >= 0.3 is 20.0 Å². The average Bonchev–Trinajstić information content (AvgIpc) is 3.41. The molecule has 0 N–H and O–H groups in total. The van der Waals surface area contributed by atoms with Gasteiger partial charge in [-0.25, -0.2) is 0 Å². The van der Waals surface area contributed by atoms with Crippen LogP contribution in [-0.2, 0) is 28.7 Å². The topological polar surface area (TPSA) is 64.6 Å². The summed E-state index contributed by atoms with van der Waals surface area (Å²) in [4.78, 5) is 0. The number of hydrogen-bond acceptors (Lipinski definition) is 7. The first-order chi connectivity index (χ1) is 25.0. The highest BCUT2D eigenvalue weighted by molar-refractivity contribution is 6.18. The second-order valence-electron chi connectivity index (χ2n) is 12.9. The minimum atomic E-state index is -0.917. The van der Waals surface area contributed by atoms with Crippen LogP contribution in [0.3, 0.4) is 0 Å². The zero-order valence-corrected chi connectivity index (χ0v) is 31.5. The fourth-order valence-corrected chi connectivity index (χ4v) is 7.90. The molecule has 0 saturated carbocycles. The van der Waals surface area contributed by atoms with Crippen LogP contribution in [0.4, 0.5) is 0 Å². The molecule has 7 rings (SSSR count). The van der Waals surface area contributed by atoms with Gasteiger partial charge in [0, 0.05) is 40.7 Å². The van der Waals surface area contributed by atoms with Crippen LogP contribution in [0, 0.1) is 0 Å². The Labute approximate surface area is 305 Å². The molecule has 0 spiro atoms. The molecule has 1 aliphatic heterocycles. The van der Waals surface area contributed by atoms with Crippen LogP contribution < -0.4 is 14.2 Å². The number of ether oxygens (including phenoxy) is 3. The van der Waals surface area contributed by atoms with Crippen molar-refractivity contribution in [3.8, 4) is 28.4 Å². The molecular weight excluding hydrogens is 673 g/mol. The van der Waals surface area contributed by atoms with Crippen molar-refractivity contribution in [3.05, 3.63) is 131 Å². The molecule has 0 aromatic heterocycles. The van der Waals surface area contributed by atoms with Crippen molar-refractivity contribution in [1.82, 2.24) is 0 Å². The standard InChI is InChI=1S/C42H42O7Si2/c1-5-45-50-47-27-25-43-31-19-15-29(16-20-31)42(30-17-21-32(22-18-30)44-26-28-48-51-46-6-2)24-23-36-39-38(33-11-7-8-12-34(33)40(36)49-42)35-13-9-10-14-37(35)41(39,3)4/h7-24H,5-6,25-28H2,1-4H3. The Kier molecular flexibility index (Phi) is 10.7. The molecule has 0 bridgehead atoms. The first-order valence-electron chi connectivity index (χ1n) is 17.5. The number of hydrogen-bond donors (Lipinski definition) is 0. The van der Waals surface area contributed by atoms with Gasteiger partial charge in [-0.15, -0.1) is 0 Å². The predicted octanol–water partition coefficient (Wildman–Crippen LogP) is 8.43. The lowest BCUT2D eigenvalue weighted by molar-refractivity contribution is 0.162. The molecule has 260 valence electrons. The van der Waals surface area contributed by atoms with Crippen molar-refractivity contribution in [2.45, 2.75) is 38.7 Å². The van der Waals surface area contributed by atoms with Gasteiger partial charge in [-0.3, -0.25) is 0 Å². The van der Waals surface area contributed by atoms with Crippen LogP contribution in [0.5, 0.6) is 17.2 Å². The molecule has 0 atom stereocenters. The predicted molar refractivity (Wildman–Crippen MR) is 202 cm³/mol. The lowest BCUT2D eigenvalue weighted by Gasteiger charge is -2.38. The molecule has 1 heterocycles. The van der Waals surface area contributed by atoms with Crippen molar-refractivity contribution in [2.75, 3.05) is 39.6 Å². The van der Waals surface area contributed by atoms with Crippen molar-refractivity contribution >= 4 is 36.9 Å². The highest BCUT2D eigenvalue weighted by Gasteiger charge is 2.44. The molecule has 0 fully saturated rings. The van der Waals surface area contributed by atoms with Gasteiger partial charge in [0.2, 0.25) is 0 Å². The van der Waals surface area contributed by atoms with Gasteiger partial charge in [0.1, 0.15) is 30.5 Å². The number of benzene rings is 5. The zero-order chi connectivity index (χ0) is 35.3. The SMILES string of the molecule is CCO[Si]OCCOc1ccc(C2(c3ccc(OCCO[Si]OCC)cc3)C=Cc3c4c(c5ccccc5c3O2)-c2ccccc2C4(C)C)cc1. The highest BCUT2D eigenvalue weighted by Crippen LogP contribution is 2.58. The second kappa shape index (κ2) is 15.6. The Balaban J connectivity index is 1.26. The Morgan fingerprint density at radius 3 is 1.75 bits per heavy atom. The summed E-state index contributed by atoms with van der Waals surface area (Å²) >= 11 is 0. The third kappa shape index (κ3) is 6.90. The molecule has 51 heavy (non-hydrogen) atoms. The Morgan fingerprint density at radius 2 is 1.16 bits per heavy atom. The molecular formula is C42H42O7Si2. The summed E-state index contributed by atoms with van der Waals surface area (Å²) in [6, 6.07) is 33.8. The molecule has 4 radical (unpaired) electrons. The Hall–Kier alpha value is -4.23. The molecule has 0 amide bonds. The summed E-state index contributed by atoms with van der Waals surface area (Å²) in [5, 5.41) is 2.29. The Bertz CT molecular complexity index is 1930. The van der Waals surface area contributed by atoms with Crippen LogP contribution in [0.25, 0.3) is 28.0 Å². The fraction of sp³-hybridized carbons (Fsp3) is 0.286. The van der Waals surface area contributed by atoms with Gasteiger partial charge in [0.15, 0.2) is 5.60 Å². The lowest BCUT2D eigenvalue weighted by atomic mass is 9.77. The quantitative estimate of drug-likeness (QED) is 0.0751. The first-order valence-corrected chi connectivity index (χ1v) is 19.1. The summed E-state index contributed by atoms with van der Waals surface area (Å²) in [5.74, 6) is 2.40. The molecule has 9 heteroatoms. The number of fused-ring (bicyclic) bond motifs is 8. The van der Waals surface area contributed by atoms with E-state index in [9.17, 15) is 0 Å². The summed E-state index contributed by atoms with van der Waals surface area (Å²) in [6.07, 6.45) is 4.49. The number of rotatable bonds is 16. The first kappa shape index (κ1) is 35.2. The summed E-state index contributed by atoms with van der Waals surface area (Å²) in [6.45, 7) is 11.6. The third-order valence-corrected chi connectivity index (χ3v) is 10.9. The highest BCUT2D eigenvalue weighted by atomic mass is 28.3. The second-order valence-corrected chi connectivity index (χ2v) is 14.3. The van der Waals surface area contributed by atoms with Crippen LogP contribution >= 0.6 is 0 Å². The van der Waals surface area contributed by atoms with Crippen LogP contribution in [0.2, 0.25) is 0 Å². The van der Waals surface area contributed by atoms with E-state index in [1.165, 1.54) is 27.6 Å². The van der Waals surface area contributed by atoms with E-state index in [1.807, 2.05) is 38.1 Å². The van der Waals surface area contributed by atoms with Gasteiger partial charge in [-0.1, -0.05) is 92.7 Å². The van der Waals surface area contributed by atoms with Crippen LogP contribution in [0.1, 0.15) is 55.5 Å². The summed E-state index contributed by atoms with van der Waals surface area (Å²) < 4.78 is 41.0. The van der Waals surface area contributed by atoms with E-state index in [2.05, 4.69) is 98.8 Å². The minimum absolute atomic E-state index is 0.0210. The van der Waals surface area contributed by atoms with Gasteiger partial charge in [0.25, 0.3) is 0 Å². The Morgan fingerprint density at radius 1 is 0.608 bits per heavy atom. The molecule has 0 unspecified atom stereocenters. The molecule has 0 saturated heterocycles. The minimum Gasteiger partial charge on any atom is -0.491 e. The van der Waals surface area contributed by atoms with Crippen molar-refractivity contribution in [3.63, 3.8) is 0 Å². The molecule has 5 aromatic carbocycles. The zero-order valence-electron chi connectivity index (χ0n) is 29.5. The smallest absolute Gasteiger partial charge is 0.433 e. The van der Waals surface area contributed by atoms with Gasteiger partial charge in [-0.05, 0) is 71.8 Å². The van der Waals surface area contributed by atoms with E-state index in [1.54, 1.807) is 0 Å². The van der Waals surface area contributed by atoms with Crippen molar-refractivity contribution in [2.24, 2.45) is 0 Å². The maximum absolute atomic E-state index is 7.44. The van der Waals surface area contributed by atoms with E-state index in [0.717, 1.165) is 39.3 Å².